The maximum absolute atomic E-state index is 4.29. The van der Waals surface area contributed by atoms with E-state index in [4.69, 9.17) is 0 Å². The molecule has 2 heteroatoms. The summed E-state index contributed by atoms with van der Waals surface area (Å²) in [6.07, 6.45) is 6.08. The summed E-state index contributed by atoms with van der Waals surface area (Å²) in [4.78, 5) is 4.29. The molecular weight excluding hydrogens is 184 g/mol. The van der Waals surface area contributed by atoms with Crippen LogP contribution in [0.2, 0.25) is 0 Å². The van der Waals surface area contributed by atoms with Crippen molar-refractivity contribution in [1.82, 2.24) is 5.32 Å². The first-order valence-corrected chi connectivity index (χ1v) is 5.38. The van der Waals surface area contributed by atoms with Crippen molar-refractivity contribution >= 4 is 6.21 Å². The monoisotopic (exact) mass is 198 g/mol. The molecule has 0 fully saturated rings. The van der Waals surface area contributed by atoms with Crippen molar-refractivity contribution in [1.29, 1.82) is 0 Å². The van der Waals surface area contributed by atoms with E-state index in [2.05, 4.69) is 35.4 Å². The van der Waals surface area contributed by atoms with Crippen LogP contribution in [0.4, 0.5) is 0 Å². The van der Waals surface area contributed by atoms with Gasteiger partial charge in [-0.1, -0.05) is 23.8 Å². The van der Waals surface area contributed by atoms with E-state index in [1.807, 2.05) is 12.4 Å². The van der Waals surface area contributed by atoms with Gasteiger partial charge in [-0.2, -0.15) is 0 Å². The number of nitrogens with one attached hydrogen (secondary N) is 1. The molecule has 1 N–H and O–H groups in total. The molecule has 76 valence electrons. The second-order valence-corrected chi connectivity index (χ2v) is 4.28. The molecule has 1 atom stereocenters. The molecular formula is C13H14N2. The van der Waals surface area contributed by atoms with Crippen molar-refractivity contribution in [3.63, 3.8) is 0 Å². The van der Waals surface area contributed by atoms with Crippen LogP contribution < -0.4 is 5.32 Å². The Bertz CT molecular complexity index is 458. The maximum atomic E-state index is 4.29. The molecule has 15 heavy (non-hydrogen) atoms. The zero-order valence-electron chi connectivity index (χ0n) is 8.83. The van der Waals surface area contributed by atoms with Crippen LogP contribution >= 0.6 is 0 Å². The van der Waals surface area contributed by atoms with Crippen molar-refractivity contribution in [2.45, 2.75) is 19.4 Å². The fourth-order valence-corrected chi connectivity index (χ4v) is 2.51. The van der Waals surface area contributed by atoms with Crippen molar-refractivity contribution in [2.75, 3.05) is 6.54 Å². The minimum Gasteiger partial charge on any atom is -0.312 e. The molecule has 0 saturated carbocycles. The average molecular weight is 198 g/mol. The summed E-state index contributed by atoms with van der Waals surface area (Å²) in [5, 5.41) is 3.45. The Hall–Kier alpha value is -1.41. The van der Waals surface area contributed by atoms with Crippen molar-refractivity contribution in [2.24, 2.45) is 4.99 Å². The van der Waals surface area contributed by atoms with Crippen LogP contribution in [0, 0.1) is 6.92 Å². The average Bonchev–Trinajstić information content (AvgIpc) is 2.42. The smallest absolute Gasteiger partial charge is 0.0343 e. The van der Waals surface area contributed by atoms with Gasteiger partial charge in [0.25, 0.3) is 0 Å². The molecule has 1 aromatic rings. The van der Waals surface area contributed by atoms with Gasteiger partial charge in [0.15, 0.2) is 0 Å². The van der Waals surface area contributed by atoms with E-state index < -0.39 is 0 Å². The summed E-state index contributed by atoms with van der Waals surface area (Å²) in [6, 6.07) is 4.51. The Morgan fingerprint density at radius 1 is 1.40 bits per heavy atom. The fourth-order valence-electron chi connectivity index (χ4n) is 2.51. The highest BCUT2D eigenvalue weighted by molar-refractivity contribution is 5.84. The summed E-state index contributed by atoms with van der Waals surface area (Å²) in [5.74, 6) is 0.492. The molecule has 0 amide bonds. The van der Waals surface area contributed by atoms with Gasteiger partial charge in [-0.25, -0.2) is 0 Å². The number of benzene rings is 1. The normalized spacial score (nSPS) is 22.3. The molecule has 0 aromatic heterocycles. The number of nitrogens with zero attached hydrogens (tertiary/aromatic N) is 1. The molecule has 3 rings (SSSR count). The molecule has 0 radical (unpaired) electrons. The first kappa shape index (κ1) is 8.86. The van der Waals surface area contributed by atoms with Crippen LogP contribution in [0.15, 0.2) is 29.4 Å². The van der Waals surface area contributed by atoms with Gasteiger partial charge >= 0.3 is 0 Å². The third-order valence-electron chi connectivity index (χ3n) is 3.11. The lowest BCUT2D eigenvalue weighted by molar-refractivity contribution is 0.600. The molecule has 0 saturated heterocycles. The Kier molecular flexibility index (Phi) is 1.96. The SMILES string of the molecule is Cc1cc2c3c(c1)CNCC3C=CN=C2. The van der Waals surface area contributed by atoms with E-state index in [1.54, 1.807) is 0 Å². The van der Waals surface area contributed by atoms with Crippen LogP contribution in [0.1, 0.15) is 28.2 Å². The minimum absolute atomic E-state index is 0.492. The number of hydrogen-bond donors (Lipinski definition) is 1. The Labute approximate surface area is 89.7 Å². The van der Waals surface area contributed by atoms with Gasteiger partial charge in [-0.05, 0) is 23.6 Å². The third kappa shape index (κ3) is 1.41. The molecule has 2 nitrogen and oxygen atoms in total. The zero-order chi connectivity index (χ0) is 10.3. The molecule has 1 unspecified atom stereocenters. The second kappa shape index (κ2) is 3.31. The summed E-state index contributed by atoms with van der Waals surface area (Å²) >= 11 is 0. The maximum Gasteiger partial charge on any atom is 0.0343 e. The highest BCUT2D eigenvalue weighted by Crippen LogP contribution is 2.30. The Morgan fingerprint density at radius 3 is 3.27 bits per heavy atom. The summed E-state index contributed by atoms with van der Waals surface area (Å²) < 4.78 is 0. The topological polar surface area (TPSA) is 24.4 Å². The summed E-state index contributed by atoms with van der Waals surface area (Å²) in [7, 11) is 0. The summed E-state index contributed by atoms with van der Waals surface area (Å²) in [5.41, 5.74) is 5.51. The molecule has 0 bridgehead atoms. The standard InChI is InChI=1S/C13H14N2/c1-9-4-11-7-14-3-2-10-6-15-8-12(5-9)13(10)11/h2-5,7,10,15H,6,8H2,1H3. The molecule has 2 heterocycles. The van der Waals surface area contributed by atoms with Gasteiger partial charge in [0, 0.05) is 31.4 Å². The van der Waals surface area contributed by atoms with E-state index in [0.29, 0.717) is 5.92 Å². The quantitative estimate of drug-likeness (QED) is 0.678. The van der Waals surface area contributed by atoms with E-state index in [9.17, 15) is 0 Å². The highest BCUT2D eigenvalue weighted by Gasteiger charge is 2.21. The first-order valence-electron chi connectivity index (χ1n) is 5.38. The van der Waals surface area contributed by atoms with Gasteiger partial charge in [0.1, 0.15) is 0 Å². The summed E-state index contributed by atoms with van der Waals surface area (Å²) in [6.45, 7) is 4.16. The third-order valence-corrected chi connectivity index (χ3v) is 3.11. The molecule has 0 spiro atoms. The van der Waals surface area contributed by atoms with Crippen LogP contribution in [-0.2, 0) is 6.54 Å². The molecule has 2 aliphatic rings. The van der Waals surface area contributed by atoms with Gasteiger partial charge in [-0.3, -0.25) is 4.99 Å². The molecule has 0 aliphatic carbocycles. The fraction of sp³-hybridized carbons (Fsp3) is 0.308. The number of hydrogen-bond acceptors (Lipinski definition) is 2. The Morgan fingerprint density at radius 2 is 2.33 bits per heavy atom. The van der Waals surface area contributed by atoms with Crippen LogP contribution in [0.3, 0.4) is 0 Å². The van der Waals surface area contributed by atoms with E-state index >= 15 is 0 Å². The van der Waals surface area contributed by atoms with Gasteiger partial charge in [0.2, 0.25) is 0 Å². The zero-order valence-corrected chi connectivity index (χ0v) is 8.83. The first-order chi connectivity index (χ1) is 7.34. The molecule has 2 aliphatic heterocycles. The lowest BCUT2D eigenvalue weighted by Crippen LogP contribution is -2.28. The van der Waals surface area contributed by atoms with Crippen LogP contribution in [0.25, 0.3) is 0 Å². The number of aryl methyl sites for hydroxylation is 1. The van der Waals surface area contributed by atoms with Gasteiger partial charge in [-0.15, -0.1) is 0 Å². The van der Waals surface area contributed by atoms with Gasteiger partial charge in [0.05, 0.1) is 0 Å². The minimum atomic E-state index is 0.492. The van der Waals surface area contributed by atoms with Crippen molar-refractivity contribution in [3.05, 3.63) is 46.7 Å². The largest absolute Gasteiger partial charge is 0.312 e. The number of aliphatic imine (C=N–C) groups is 1. The highest BCUT2D eigenvalue weighted by atomic mass is 14.9. The predicted molar refractivity (Wildman–Crippen MR) is 62.4 cm³/mol. The lowest BCUT2D eigenvalue weighted by Gasteiger charge is -2.25. The van der Waals surface area contributed by atoms with Gasteiger partial charge < -0.3 is 5.32 Å². The van der Waals surface area contributed by atoms with E-state index in [0.717, 1.165) is 13.1 Å². The second-order valence-electron chi connectivity index (χ2n) is 4.28. The van der Waals surface area contributed by atoms with E-state index in [-0.39, 0.29) is 0 Å². The lowest BCUT2D eigenvalue weighted by atomic mass is 9.86. The van der Waals surface area contributed by atoms with Crippen LogP contribution in [0.5, 0.6) is 0 Å². The van der Waals surface area contributed by atoms with Crippen molar-refractivity contribution in [3.8, 4) is 0 Å². The number of rotatable bonds is 0. The molecule has 1 aromatic carbocycles. The predicted octanol–water partition coefficient (Wildman–Crippen LogP) is 2.13. The Balaban J connectivity index is 2.27. The van der Waals surface area contributed by atoms with Crippen LogP contribution in [-0.4, -0.2) is 12.8 Å². The van der Waals surface area contributed by atoms with Crippen molar-refractivity contribution < 1.29 is 0 Å². The van der Waals surface area contributed by atoms with E-state index in [1.165, 1.54) is 22.3 Å².